The van der Waals surface area contributed by atoms with E-state index in [0.717, 1.165) is 37.9 Å². The summed E-state index contributed by atoms with van der Waals surface area (Å²) in [7, 11) is 3.14. The molecule has 2 fully saturated rings. The number of esters is 1. The third kappa shape index (κ3) is 3.16. The zero-order chi connectivity index (χ0) is 17.3. The molecule has 5 atom stereocenters. The molecule has 0 aliphatic heterocycles. The highest BCUT2D eigenvalue weighted by Crippen LogP contribution is 2.55. The Hall–Kier alpha value is -1.55. The normalized spacial score (nSPS) is 35.8. The topological polar surface area (TPSA) is 55.8 Å². The van der Waals surface area contributed by atoms with E-state index < -0.39 is 5.41 Å². The zero-order valence-corrected chi connectivity index (χ0v) is 14.8. The third-order valence-corrected chi connectivity index (χ3v) is 6.14. The van der Waals surface area contributed by atoms with Gasteiger partial charge in [0.05, 0.1) is 25.7 Å². The van der Waals surface area contributed by atoms with Crippen molar-refractivity contribution < 1.29 is 19.4 Å². The van der Waals surface area contributed by atoms with Crippen LogP contribution in [0.2, 0.25) is 0 Å². The highest BCUT2D eigenvalue weighted by atomic mass is 16.5. The van der Waals surface area contributed by atoms with Gasteiger partial charge in [0.15, 0.2) is 0 Å². The maximum atomic E-state index is 12.4. The fourth-order valence-corrected chi connectivity index (χ4v) is 4.92. The highest BCUT2D eigenvalue weighted by Gasteiger charge is 2.49. The lowest BCUT2D eigenvalue weighted by Gasteiger charge is -2.49. The van der Waals surface area contributed by atoms with Crippen molar-refractivity contribution in [1.29, 1.82) is 0 Å². The first-order valence-electron chi connectivity index (χ1n) is 8.87. The summed E-state index contributed by atoms with van der Waals surface area (Å²) >= 11 is 0. The highest BCUT2D eigenvalue weighted by molar-refractivity contribution is 5.76. The van der Waals surface area contributed by atoms with Gasteiger partial charge in [-0.2, -0.15) is 0 Å². The lowest BCUT2D eigenvalue weighted by Crippen LogP contribution is -2.45. The van der Waals surface area contributed by atoms with Crippen molar-refractivity contribution in [2.75, 3.05) is 14.2 Å². The Labute approximate surface area is 144 Å². The van der Waals surface area contributed by atoms with Crippen LogP contribution in [0, 0.1) is 17.3 Å². The molecule has 0 unspecified atom stereocenters. The van der Waals surface area contributed by atoms with Crippen LogP contribution >= 0.6 is 0 Å². The minimum Gasteiger partial charge on any atom is -0.497 e. The second-order valence-corrected chi connectivity index (χ2v) is 7.73. The first kappa shape index (κ1) is 17.3. The van der Waals surface area contributed by atoms with Crippen LogP contribution in [0.25, 0.3) is 0 Å². The van der Waals surface area contributed by atoms with Gasteiger partial charge in [0.25, 0.3) is 0 Å². The first-order chi connectivity index (χ1) is 11.5. The van der Waals surface area contributed by atoms with Crippen LogP contribution in [0.1, 0.15) is 50.5 Å². The van der Waals surface area contributed by atoms with E-state index >= 15 is 0 Å². The van der Waals surface area contributed by atoms with Crippen LogP contribution in [0.15, 0.2) is 24.3 Å². The molecular weight excluding hydrogens is 304 g/mol. The van der Waals surface area contributed by atoms with Gasteiger partial charge in [-0.15, -0.1) is 0 Å². The standard InChI is InChI=1S/C20H28O4/c1-20(19(22)24-3)11-14-4-7-15(21)10-17(14)18(12-20)13-5-8-16(23-2)9-6-13/h5-6,8-9,14-15,17-18,21H,4,7,10-12H2,1-3H3/t14-,15-,17+,18+,20+/m0/s1. The molecule has 1 aromatic rings. The van der Waals surface area contributed by atoms with Crippen molar-refractivity contribution in [3.05, 3.63) is 29.8 Å². The van der Waals surface area contributed by atoms with Crippen molar-refractivity contribution >= 4 is 5.97 Å². The van der Waals surface area contributed by atoms with Crippen molar-refractivity contribution in [2.24, 2.45) is 17.3 Å². The van der Waals surface area contributed by atoms with Gasteiger partial charge in [-0.1, -0.05) is 12.1 Å². The van der Waals surface area contributed by atoms with Gasteiger partial charge in [-0.3, -0.25) is 4.79 Å². The summed E-state index contributed by atoms with van der Waals surface area (Å²) in [4.78, 5) is 12.4. The molecule has 0 aromatic heterocycles. The summed E-state index contributed by atoms with van der Waals surface area (Å²) in [6, 6.07) is 8.16. The van der Waals surface area contributed by atoms with E-state index in [1.54, 1.807) is 7.11 Å². The van der Waals surface area contributed by atoms with Crippen LogP contribution in [-0.4, -0.2) is 31.4 Å². The molecular formula is C20H28O4. The molecule has 3 rings (SSSR count). The molecule has 0 radical (unpaired) electrons. The monoisotopic (exact) mass is 332 g/mol. The maximum absolute atomic E-state index is 12.4. The van der Waals surface area contributed by atoms with E-state index in [-0.39, 0.29) is 18.0 Å². The van der Waals surface area contributed by atoms with E-state index in [0.29, 0.717) is 11.8 Å². The number of methoxy groups -OCH3 is 2. The molecule has 2 saturated carbocycles. The Morgan fingerprint density at radius 2 is 1.88 bits per heavy atom. The van der Waals surface area contributed by atoms with Gasteiger partial charge < -0.3 is 14.6 Å². The van der Waals surface area contributed by atoms with E-state index in [2.05, 4.69) is 12.1 Å². The van der Waals surface area contributed by atoms with Gasteiger partial charge >= 0.3 is 5.97 Å². The number of hydrogen-bond acceptors (Lipinski definition) is 4. The second-order valence-electron chi connectivity index (χ2n) is 7.73. The summed E-state index contributed by atoms with van der Waals surface area (Å²) in [5.41, 5.74) is 0.790. The fraction of sp³-hybridized carbons (Fsp3) is 0.650. The Bertz CT molecular complexity index is 582. The molecule has 1 aromatic carbocycles. The molecule has 0 bridgehead atoms. The predicted octanol–water partition coefficient (Wildman–Crippen LogP) is 3.53. The van der Waals surface area contributed by atoms with Gasteiger partial charge in [-0.25, -0.2) is 0 Å². The quantitative estimate of drug-likeness (QED) is 0.860. The molecule has 0 amide bonds. The molecule has 4 nitrogen and oxygen atoms in total. The third-order valence-electron chi connectivity index (χ3n) is 6.14. The van der Waals surface area contributed by atoms with Gasteiger partial charge in [0.2, 0.25) is 0 Å². The molecule has 1 N–H and O–H groups in total. The van der Waals surface area contributed by atoms with Crippen LogP contribution < -0.4 is 4.74 Å². The molecule has 0 saturated heterocycles. The van der Waals surface area contributed by atoms with Crippen molar-refractivity contribution in [1.82, 2.24) is 0 Å². The van der Waals surface area contributed by atoms with Crippen LogP contribution in [0.5, 0.6) is 5.75 Å². The molecule has 2 aliphatic rings. The molecule has 132 valence electrons. The average Bonchev–Trinajstić information content (AvgIpc) is 2.61. The minimum atomic E-state index is -0.442. The number of ether oxygens (including phenoxy) is 2. The van der Waals surface area contributed by atoms with E-state index in [4.69, 9.17) is 9.47 Å². The number of benzene rings is 1. The van der Waals surface area contributed by atoms with E-state index in [1.165, 1.54) is 12.7 Å². The van der Waals surface area contributed by atoms with E-state index in [9.17, 15) is 9.90 Å². The molecule has 0 spiro atoms. The Morgan fingerprint density at radius 3 is 2.50 bits per heavy atom. The first-order valence-corrected chi connectivity index (χ1v) is 8.87. The number of rotatable bonds is 3. The number of fused-ring (bicyclic) bond motifs is 1. The molecule has 24 heavy (non-hydrogen) atoms. The van der Waals surface area contributed by atoms with Crippen molar-refractivity contribution in [2.45, 2.75) is 51.0 Å². The fourth-order valence-electron chi connectivity index (χ4n) is 4.92. The largest absolute Gasteiger partial charge is 0.497 e. The van der Waals surface area contributed by atoms with E-state index in [1.807, 2.05) is 19.1 Å². The van der Waals surface area contributed by atoms with Crippen LogP contribution in [0.3, 0.4) is 0 Å². The average molecular weight is 332 g/mol. The second kappa shape index (κ2) is 6.75. The lowest BCUT2D eigenvalue weighted by atomic mass is 9.56. The van der Waals surface area contributed by atoms with Gasteiger partial charge in [0.1, 0.15) is 5.75 Å². The number of aliphatic hydroxyl groups is 1. The number of hydrogen-bond donors (Lipinski definition) is 1. The van der Waals surface area contributed by atoms with Gasteiger partial charge in [-0.05, 0) is 74.5 Å². The molecule has 2 aliphatic carbocycles. The predicted molar refractivity (Wildman–Crippen MR) is 91.9 cm³/mol. The number of aliphatic hydroxyl groups excluding tert-OH is 1. The molecule has 0 heterocycles. The Balaban J connectivity index is 1.93. The number of carbonyl (C=O) groups is 1. The minimum absolute atomic E-state index is 0.106. The maximum Gasteiger partial charge on any atom is 0.311 e. The summed E-state index contributed by atoms with van der Waals surface area (Å²) in [5, 5.41) is 10.2. The summed E-state index contributed by atoms with van der Waals surface area (Å²) in [6.07, 6.45) is 4.09. The summed E-state index contributed by atoms with van der Waals surface area (Å²) in [5.74, 6) is 1.91. The van der Waals surface area contributed by atoms with Crippen molar-refractivity contribution in [3.8, 4) is 5.75 Å². The van der Waals surface area contributed by atoms with Gasteiger partial charge in [0, 0.05) is 0 Å². The SMILES string of the molecule is COC(=O)[C@]1(C)C[C@@H]2CC[C@H](O)C[C@H]2[C@@H](c2ccc(OC)cc2)C1. The summed E-state index contributed by atoms with van der Waals surface area (Å²) < 4.78 is 10.4. The van der Waals surface area contributed by atoms with Crippen LogP contribution in [-0.2, 0) is 9.53 Å². The Kier molecular flexibility index (Phi) is 4.86. The summed E-state index contributed by atoms with van der Waals surface area (Å²) in [6.45, 7) is 2.04. The number of carbonyl (C=O) groups excluding carboxylic acids is 1. The van der Waals surface area contributed by atoms with Crippen molar-refractivity contribution in [3.63, 3.8) is 0 Å². The molecule has 4 heteroatoms. The smallest absolute Gasteiger partial charge is 0.311 e. The lowest BCUT2D eigenvalue weighted by molar-refractivity contribution is -0.157. The Morgan fingerprint density at radius 1 is 1.17 bits per heavy atom. The zero-order valence-electron chi connectivity index (χ0n) is 14.8. The van der Waals surface area contributed by atoms with Crippen LogP contribution in [0.4, 0.5) is 0 Å².